The molecule has 0 aromatic carbocycles. The first-order valence-corrected chi connectivity index (χ1v) is 7.97. The second-order valence-electron chi connectivity index (χ2n) is 5.84. The molecule has 0 atom stereocenters. The first-order valence-electron chi connectivity index (χ1n) is 7.97. The summed E-state index contributed by atoms with van der Waals surface area (Å²) in [6.45, 7) is 14.3. The maximum atomic E-state index is 11.4. The van der Waals surface area contributed by atoms with E-state index in [0.29, 0.717) is 39.5 Å². The number of amides is 2. The van der Waals surface area contributed by atoms with E-state index >= 15 is 0 Å². The molecule has 0 heterocycles. The lowest BCUT2D eigenvalue weighted by atomic mass is 10.3. The van der Waals surface area contributed by atoms with Crippen molar-refractivity contribution >= 4 is 11.8 Å². The molecule has 6 heteroatoms. The van der Waals surface area contributed by atoms with Crippen LogP contribution in [0.1, 0.15) is 41.5 Å². The standard InChI is InChI=1S/C16H32N2O4/c1-13(2)17(15(5)19)7-9-21-11-12-22-10-8-18(14(3)4)16(6)20/h13-14H,7-12H2,1-6H3. The van der Waals surface area contributed by atoms with Gasteiger partial charge in [-0.05, 0) is 27.7 Å². The van der Waals surface area contributed by atoms with Gasteiger partial charge in [-0.3, -0.25) is 9.59 Å². The molecule has 0 saturated heterocycles. The average Bonchev–Trinajstić information content (AvgIpc) is 2.38. The van der Waals surface area contributed by atoms with Crippen molar-refractivity contribution in [1.82, 2.24) is 9.80 Å². The summed E-state index contributed by atoms with van der Waals surface area (Å²) in [4.78, 5) is 26.3. The van der Waals surface area contributed by atoms with Crippen molar-refractivity contribution in [2.75, 3.05) is 39.5 Å². The number of hydrogen-bond acceptors (Lipinski definition) is 4. The van der Waals surface area contributed by atoms with Gasteiger partial charge in [0.2, 0.25) is 11.8 Å². The van der Waals surface area contributed by atoms with Gasteiger partial charge in [-0.25, -0.2) is 0 Å². The summed E-state index contributed by atoms with van der Waals surface area (Å²) in [6, 6.07) is 0.372. The molecule has 0 N–H and O–H groups in total. The molecule has 0 spiro atoms. The highest BCUT2D eigenvalue weighted by Gasteiger charge is 2.12. The second kappa shape index (κ2) is 11.4. The Labute approximate surface area is 134 Å². The van der Waals surface area contributed by atoms with E-state index in [-0.39, 0.29) is 23.9 Å². The van der Waals surface area contributed by atoms with E-state index in [9.17, 15) is 9.59 Å². The normalized spacial score (nSPS) is 11.1. The van der Waals surface area contributed by atoms with Crippen LogP contribution in [0.5, 0.6) is 0 Å². The van der Waals surface area contributed by atoms with Gasteiger partial charge in [0.05, 0.1) is 26.4 Å². The lowest BCUT2D eigenvalue weighted by Gasteiger charge is -2.25. The van der Waals surface area contributed by atoms with Gasteiger partial charge in [0.15, 0.2) is 0 Å². The topological polar surface area (TPSA) is 59.1 Å². The number of nitrogens with zero attached hydrogens (tertiary/aromatic N) is 2. The minimum absolute atomic E-state index is 0.0628. The molecule has 22 heavy (non-hydrogen) atoms. The Morgan fingerprint density at radius 3 is 1.27 bits per heavy atom. The zero-order chi connectivity index (χ0) is 17.1. The fourth-order valence-corrected chi connectivity index (χ4v) is 2.21. The van der Waals surface area contributed by atoms with Crippen molar-refractivity contribution < 1.29 is 19.1 Å². The molecule has 2 amide bonds. The zero-order valence-corrected chi connectivity index (χ0v) is 14.9. The third-order valence-corrected chi connectivity index (χ3v) is 3.38. The van der Waals surface area contributed by atoms with E-state index in [4.69, 9.17) is 9.47 Å². The number of carbonyl (C=O) groups excluding carboxylic acids is 2. The highest BCUT2D eigenvalue weighted by Crippen LogP contribution is 1.99. The minimum atomic E-state index is 0.0628. The van der Waals surface area contributed by atoms with Crippen molar-refractivity contribution in [3.05, 3.63) is 0 Å². The molecule has 0 radical (unpaired) electrons. The van der Waals surface area contributed by atoms with Gasteiger partial charge in [0.1, 0.15) is 0 Å². The number of rotatable bonds is 11. The Kier molecular flexibility index (Phi) is 10.8. The predicted octanol–water partition coefficient (Wildman–Crippen LogP) is 1.53. The first-order chi connectivity index (χ1) is 10.3. The molecule has 0 aromatic heterocycles. The van der Waals surface area contributed by atoms with Crippen molar-refractivity contribution in [2.24, 2.45) is 0 Å². The van der Waals surface area contributed by atoms with Crippen LogP contribution in [0, 0.1) is 0 Å². The van der Waals surface area contributed by atoms with Gasteiger partial charge in [-0.1, -0.05) is 0 Å². The van der Waals surface area contributed by atoms with Crippen LogP contribution in [0.3, 0.4) is 0 Å². The number of hydrogen-bond donors (Lipinski definition) is 0. The van der Waals surface area contributed by atoms with Gasteiger partial charge in [0, 0.05) is 39.0 Å². The lowest BCUT2D eigenvalue weighted by molar-refractivity contribution is -0.132. The van der Waals surface area contributed by atoms with Gasteiger partial charge >= 0.3 is 0 Å². The van der Waals surface area contributed by atoms with Crippen LogP contribution in [-0.2, 0) is 19.1 Å². The predicted molar refractivity (Wildman–Crippen MR) is 86.7 cm³/mol. The van der Waals surface area contributed by atoms with Gasteiger partial charge < -0.3 is 19.3 Å². The Morgan fingerprint density at radius 2 is 1.05 bits per heavy atom. The van der Waals surface area contributed by atoms with E-state index in [0.717, 1.165) is 0 Å². The molecule has 0 aliphatic rings. The van der Waals surface area contributed by atoms with Crippen molar-refractivity contribution in [1.29, 1.82) is 0 Å². The SMILES string of the molecule is CC(=O)N(CCOCCOCCN(C(C)=O)C(C)C)C(C)C. The van der Waals surface area contributed by atoms with E-state index in [1.54, 1.807) is 23.6 Å². The molecular formula is C16H32N2O4. The highest BCUT2D eigenvalue weighted by molar-refractivity contribution is 5.73. The van der Waals surface area contributed by atoms with Crippen LogP contribution in [0.4, 0.5) is 0 Å². The molecule has 0 fully saturated rings. The maximum absolute atomic E-state index is 11.4. The van der Waals surface area contributed by atoms with E-state index < -0.39 is 0 Å². The van der Waals surface area contributed by atoms with Crippen LogP contribution >= 0.6 is 0 Å². The quantitative estimate of drug-likeness (QED) is 0.543. The third-order valence-electron chi connectivity index (χ3n) is 3.38. The van der Waals surface area contributed by atoms with Crippen molar-refractivity contribution in [2.45, 2.75) is 53.6 Å². The fourth-order valence-electron chi connectivity index (χ4n) is 2.21. The average molecular weight is 316 g/mol. The summed E-state index contributed by atoms with van der Waals surface area (Å²) in [5.74, 6) is 0.126. The monoisotopic (exact) mass is 316 g/mol. The van der Waals surface area contributed by atoms with Gasteiger partial charge in [0.25, 0.3) is 0 Å². The summed E-state index contributed by atoms with van der Waals surface area (Å²) < 4.78 is 10.9. The molecule has 0 rings (SSSR count). The fraction of sp³-hybridized carbons (Fsp3) is 0.875. The Hall–Kier alpha value is -1.14. The number of ether oxygens (including phenoxy) is 2. The molecule has 0 saturated carbocycles. The molecule has 130 valence electrons. The largest absolute Gasteiger partial charge is 0.377 e. The second-order valence-corrected chi connectivity index (χ2v) is 5.84. The molecule has 0 aliphatic carbocycles. The Bertz CT molecular complexity index is 300. The third kappa shape index (κ3) is 9.00. The zero-order valence-electron chi connectivity index (χ0n) is 14.9. The smallest absolute Gasteiger partial charge is 0.219 e. The van der Waals surface area contributed by atoms with Gasteiger partial charge in [-0.2, -0.15) is 0 Å². The molecule has 0 aliphatic heterocycles. The molecule has 0 unspecified atom stereocenters. The van der Waals surface area contributed by atoms with Crippen LogP contribution in [0.15, 0.2) is 0 Å². The molecular weight excluding hydrogens is 284 g/mol. The summed E-state index contributed by atoms with van der Waals surface area (Å²) in [7, 11) is 0. The van der Waals surface area contributed by atoms with Crippen molar-refractivity contribution in [3.8, 4) is 0 Å². The van der Waals surface area contributed by atoms with E-state index in [1.165, 1.54) is 0 Å². The Morgan fingerprint density at radius 1 is 0.727 bits per heavy atom. The van der Waals surface area contributed by atoms with Crippen LogP contribution < -0.4 is 0 Å². The minimum Gasteiger partial charge on any atom is -0.377 e. The van der Waals surface area contributed by atoms with Crippen molar-refractivity contribution in [3.63, 3.8) is 0 Å². The summed E-state index contributed by atoms with van der Waals surface area (Å²) in [6.07, 6.45) is 0. The first kappa shape index (κ1) is 20.9. The number of carbonyl (C=O) groups is 2. The molecule has 6 nitrogen and oxygen atoms in total. The van der Waals surface area contributed by atoms with E-state index in [1.807, 2.05) is 27.7 Å². The van der Waals surface area contributed by atoms with E-state index in [2.05, 4.69) is 0 Å². The van der Waals surface area contributed by atoms with Crippen LogP contribution in [0.2, 0.25) is 0 Å². The van der Waals surface area contributed by atoms with Crippen LogP contribution in [-0.4, -0.2) is 73.2 Å². The lowest BCUT2D eigenvalue weighted by Crippen LogP contribution is -2.38. The maximum Gasteiger partial charge on any atom is 0.219 e. The molecule has 0 bridgehead atoms. The van der Waals surface area contributed by atoms with Gasteiger partial charge in [-0.15, -0.1) is 0 Å². The Balaban J connectivity index is 3.66. The van der Waals surface area contributed by atoms with Crippen LogP contribution in [0.25, 0.3) is 0 Å². The molecule has 0 aromatic rings. The summed E-state index contributed by atoms with van der Waals surface area (Å²) >= 11 is 0. The summed E-state index contributed by atoms with van der Waals surface area (Å²) in [5, 5.41) is 0. The summed E-state index contributed by atoms with van der Waals surface area (Å²) in [5.41, 5.74) is 0. The highest BCUT2D eigenvalue weighted by atomic mass is 16.5.